The van der Waals surface area contributed by atoms with Gasteiger partial charge in [-0.3, -0.25) is 4.79 Å². The van der Waals surface area contributed by atoms with Crippen LogP contribution >= 0.6 is 27.5 Å². The van der Waals surface area contributed by atoms with Gasteiger partial charge in [0.05, 0.1) is 10.2 Å². The molecule has 7 heteroatoms. The number of aryl methyl sites for hydroxylation is 1. The first-order valence-corrected chi connectivity index (χ1v) is 5.27. The molecule has 78 valence electrons. The summed E-state index contributed by atoms with van der Waals surface area (Å²) < 4.78 is 2.10. The fraction of sp³-hybridized carbons (Fsp3) is 0.250. The zero-order chi connectivity index (χ0) is 11.2. The normalized spacial score (nSPS) is 10.9. The van der Waals surface area contributed by atoms with Crippen LogP contribution in [0.5, 0.6) is 0 Å². The molecule has 0 aromatic carbocycles. The van der Waals surface area contributed by atoms with Crippen LogP contribution in [0.25, 0.3) is 5.65 Å². The van der Waals surface area contributed by atoms with E-state index in [9.17, 15) is 4.79 Å². The molecule has 0 aliphatic carbocycles. The molecule has 0 amide bonds. The second-order valence-corrected chi connectivity index (χ2v) is 4.14. The van der Waals surface area contributed by atoms with Crippen molar-refractivity contribution in [1.29, 1.82) is 0 Å². The van der Waals surface area contributed by atoms with Gasteiger partial charge in [0.1, 0.15) is 0 Å². The lowest BCUT2D eigenvalue weighted by atomic mass is 10.4. The summed E-state index contributed by atoms with van der Waals surface area (Å²) in [6.45, 7) is 3.20. The molecule has 2 aromatic rings. The Labute approximate surface area is 98.6 Å². The SMILES string of the molecule is CC(=O)c1nc(Cl)n2nc(C)c(Br)c2n1. The summed E-state index contributed by atoms with van der Waals surface area (Å²) in [5.41, 5.74) is 1.24. The Morgan fingerprint density at radius 3 is 2.73 bits per heavy atom. The van der Waals surface area contributed by atoms with Gasteiger partial charge in [-0.1, -0.05) is 0 Å². The van der Waals surface area contributed by atoms with Crippen LogP contribution in [0.3, 0.4) is 0 Å². The van der Waals surface area contributed by atoms with Crippen LogP contribution in [0.15, 0.2) is 4.47 Å². The van der Waals surface area contributed by atoms with E-state index in [0.29, 0.717) is 10.1 Å². The molecule has 0 spiro atoms. The Bertz CT molecular complexity index is 565. The van der Waals surface area contributed by atoms with E-state index >= 15 is 0 Å². The number of ketones is 1. The maximum Gasteiger partial charge on any atom is 0.227 e. The highest BCUT2D eigenvalue weighted by atomic mass is 79.9. The molecule has 2 heterocycles. The first kappa shape index (κ1) is 10.5. The fourth-order valence-electron chi connectivity index (χ4n) is 1.14. The molecule has 2 aromatic heterocycles. The number of carbonyl (C=O) groups excluding carboxylic acids is 1. The zero-order valence-electron chi connectivity index (χ0n) is 7.95. The predicted molar refractivity (Wildman–Crippen MR) is 58.2 cm³/mol. The van der Waals surface area contributed by atoms with Crippen molar-refractivity contribution in [3.05, 3.63) is 21.3 Å². The largest absolute Gasteiger partial charge is 0.291 e. The molecule has 5 nitrogen and oxygen atoms in total. The molecule has 0 fully saturated rings. The molecule has 0 unspecified atom stereocenters. The quantitative estimate of drug-likeness (QED) is 0.754. The van der Waals surface area contributed by atoms with E-state index in [1.165, 1.54) is 11.4 Å². The van der Waals surface area contributed by atoms with E-state index in [0.717, 1.165) is 5.69 Å². The van der Waals surface area contributed by atoms with Crippen LogP contribution in [0.2, 0.25) is 5.28 Å². The van der Waals surface area contributed by atoms with E-state index in [1.807, 2.05) is 6.92 Å². The molecule has 0 atom stereocenters. The molecular weight excluding hydrogens is 283 g/mol. The van der Waals surface area contributed by atoms with Gasteiger partial charge in [-0.25, -0.2) is 4.98 Å². The summed E-state index contributed by atoms with van der Waals surface area (Å²) in [5, 5.41) is 4.24. The highest BCUT2D eigenvalue weighted by Gasteiger charge is 2.14. The summed E-state index contributed by atoms with van der Waals surface area (Å²) >= 11 is 9.19. The predicted octanol–water partition coefficient (Wildman–Crippen LogP) is 2.05. The van der Waals surface area contributed by atoms with Gasteiger partial charge >= 0.3 is 0 Å². The number of hydrogen-bond acceptors (Lipinski definition) is 4. The number of carbonyl (C=O) groups is 1. The maximum absolute atomic E-state index is 11.1. The van der Waals surface area contributed by atoms with Crippen molar-refractivity contribution >= 4 is 39.0 Å². The lowest BCUT2D eigenvalue weighted by Crippen LogP contribution is -2.05. The maximum atomic E-state index is 11.1. The van der Waals surface area contributed by atoms with Crippen molar-refractivity contribution in [2.75, 3.05) is 0 Å². The Morgan fingerprint density at radius 1 is 1.47 bits per heavy atom. The fourth-order valence-corrected chi connectivity index (χ4v) is 1.67. The number of nitrogens with zero attached hydrogens (tertiary/aromatic N) is 4. The van der Waals surface area contributed by atoms with E-state index in [2.05, 4.69) is 31.0 Å². The second kappa shape index (κ2) is 3.53. The summed E-state index contributed by atoms with van der Waals surface area (Å²) in [5.74, 6) is -0.141. The van der Waals surface area contributed by atoms with Crippen LogP contribution < -0.4 is 0 Å². The number of halogens is 2. The van der Waals surface area contributed by atoms with E-state index in [-0.39, 0.29) is 16.9 Å². The van der Waals surface area contributed by atoms with Crippen LogP contribution in [0, 0.1) is 6.92 Å². The number of rotatable bonds is 1. The molecule has 15 heavy (non-hydrogen) atoms. The van der Waals surface area contributed by atoms with Gasteiger partial charge < -0.3 is 0 Å². The molecule has 0 saturated carbocycles. The number of Topliss-reactive ketones (excluding diaryl/α,β-unsaturated/α-hetero) is 1. The van der Waals surface area contributed by atoms with E-state index in [4.69, 9.17) is 11.6 Å². The number of aromatic nitrogens is 4. The van der Waals surface area contributed by atoms with Crippen molar-refractivity contribution in [2.45, 2.75) is 13.8 Å². The minimum absolute atomic E-state index is 0.0908. The van der Waals surface area contributed by atoms with E-state index < -0.39 is 0 Å². The monoisotopic (exact) mass is 288 g/mol. The Hall–Kier alpha value is -1.01. The first-order chi connectivity index (χ1) is 7.00. The van der Waals surface area contributed by atoms with Crippen molar-refractivity contribution in [3.63, 3.8) is 0 Å². The summed E-state index contributed by atoms with van der Waals surface area (Å²) in [6.07, 6.45) is 0. The second-order valence-electron chi connectivity index (χ2n) is 3.01. The first-order valence-electron chi connectivity index (χ1n) is 4.10. The third-order valence-corrected chi connectivity index (χ3v) is 3.04. The molecule has 0 bridgehead atoms. The summed E-state index contributed by atoms with van der Waals surface area (Å²) in [6, 6.07) is 0. The Balaban J connectivity index is 2.85. The number of hydrogen-bond donors (Lipinski definition) is 0. The van der Waals surface area contributed by atoms with Gasteiger partial charge in [-0.2, -0.15) is 14.6 Å². The molecular formula is C8H6BrClN4O. The minimum atomic E-state index is -0.231. The van der Waals surface area contributed by atoms with Crippen molar-refractivity contribution in [1.82, 2.24) is 19.6 Å². The standard InChI is InChI=1S/C8H6BrClN4O/c1-3-5(9)7-11-6(4(2)15)12-8(10)14(7)13-3/h1-2H3. The van der Waals surface area contributed by atoms with Gasteiger partial charge in [-0.15, -0.1) is 0 Å². The van der Waals surface area contributed by atoms with Gasteiger partial charge in [-0.05, 0) is 34.5 Å². The molecule has 0 radical (unpaired) electrons. The van der Waals surface area contributed by atoms with Crippen LogP contribution in [0.1, 0.15) is 23.2 Å². The van der Waals surface area contributed by atoms with Crippen LogP contribution in [0.4, 0.5) is 0 Å². The van der Waals surface area contributed by atoms with Crippen LogP contribution in [-0.4, -0.2) is 25.4 Å². The van der Waals surface area contributed by atoms with E-state index in [1.54, 1.807) is 0 Å². The molecule has 0 saturated heterocycles. The number of fused-ring (bicyclic) bond motifs is 1. The average Bonchev–Trinajstić information content (AvgIpc) is 2.45. The minimum Gasteiger partial charge on any atom is -0.291 e. The highest BCUT2D eigenvalue weighted by Crippen LogP contribution is 2.22. The molecule has 2 rings (SSSR count). The van der Waals surface area contributed by atoms with Crippen molar-refractivity contribution < 1.29 is 4.79 Å². The third kappa shape index (κ3) is 1.63. The van der Waals surface area contributed by atoms with Gasteiger partial charge in [0.2, 0.25) is 11.1 Å². The molecule has 0 aliphatic heterocycles. The smallest absolute Gasteiger partial charge is 0.227 e. The average molecular weight is 290 g/mol. The lowest BCUT2D eigenvalue weighted by molar-refractivity contribution is 0.100. The van der Waals surface area contributed by atoms with Gasteiger partial charge in [0.25, 0.3) is 0 Å². The lowest BCUT2D eigenvalue weighted by Gasteiger charge is -1.98. The summed E-state index contributed by atoms with van der Waals surface area (Å²) in [7, 11) is 0. The van der Waals surface area contributed by atoms with Gasteiger partial charge in [0.15, 0.2) is 11.4 Å². The zero-order valence-corrected chi connectivity index (χ0v) is 10.3. The molecule has 0 aliphatic rings. The summed E-state index contributed by atoms with van der Waals surface area (Å²) in [4.78, 5) is 19.0. The topological polar surface area (TPSA) is 60.2 Å². The van der Waals surface area contributed by atoms with Crippen LogP contribution in [-0.2, 0) is 0 Å². The Morgan fingerprint density at radius 2 is 2.13 bits per heavy atom. The van der Waals surface area contributed by atoms with Gasteiger partial charge in [0, 0.05) is 6.92 Å². The van der Waals surface area contributed by atoms with Crippen molar-refractivity contribution in [3.8, 4) is 0 Å². The molecule has 0 N–H and O–H groups in total. The van der Waals surface area contributed by atoms with Crippen molar-refractivity contribution in [2.24, 2.45) is 0 Å². The highest BCUT2D eigenvalue weighted by molar-refractivity contribution is 9.10. The Kier molecular flexibility index (Phi) is 2.47. The third-order valence-electron chi connectivity index (χ3n) is 1.86.